The van der Waals surface area contributed by atoms with Gasteiger partial charge < -0.3 is 10.2 Å². The van der Waals surface area contributed by atoms with Crippen molar-refractivity contribution in [2.75, 3.05) is 5.73 Å². The number of pyridine rings is 1. The first-order valence-corrected chi connectivity index (χ1v) is 6.67. The highest BCUT2D eigenvalue weighted by Gasteiger charge is 2.06. The maximum atomic E-state index is 7.08. The van der Waals surface area contributed by atoms with Gasteiger partial charge in [-0.25, -0.2) is 4.85 Å². The van der Waals surface area contributed by atoms with Crippen LogP contribution in [0.25, 0.3) is 38.0 Å². The fourth-order valence-corrected chi connectivity index (χ4v) is 2.49. The van der Waals surface area contributed by atoms with E-state index in [1.807, 2.05) is 42.5 Å². The number of nitrogen functional groups attached to an aromatic ring is 1. The summed E-state index contributed by atoms with van der Waals surface area (Å²) in [7, 11) is 0. The van der Waals surface area contributed by atoms with E-state index >= 15 is 0 Å². The molecular weight excluding hydrogens is 276 g/mol. The fraction of sp³-hybridized carbons (Fsp3) is 0. The second kappa shape index (κ2) is 4.57. The Balaban J connectivity index is 1.89. The quantitative estimate of drug-likeness (QED) is 0.533. The molecule has 2 N–H and O–H groups in total. The van der Waals surface area contributed by atoms with E-state index in [0.29, 0.717) is 11.3 Å². The Labute approximate surface area is 125 Å². The van der Waals surface area contributed by atoms with Crippen molar-refractivity contribution in [3.05, 3.63) is 60.1 Å². The lowest BCUT2D eigenvalue weighted by Gasteiger charge is -2.04. The summed E-state index contributed by atoms with van der Waals surface area (Å²) in [6, 6.07) is 13.7. The lowest BCUT2D eigenvalue weighted by atomic mass is 10.0. The molecule has 4 rings (SSSR count). The number of nitrogens with zero attached hydrogens (tertiary/aromatic N) is 3. The van der Waals surface area contributed by atoms with E-state index in [4.69, 9.17) is 16.7 Å². The molecule has 5 heteroatoms. The van der Waals surface area contributed by atoms with E-state index < -0.39 is 0 Å². The summed E-state index contributed by atoms with van der Waals surface area (Å²) >= 11 is 0. The Morgan fingerprint density at radius 2 is 1.82 bits per heavy atom. The maximum absolute atomic E-state index is 7.08. The van der Waals surface area contributed by atoms with Crippen molar-refractivity contribution in [3.63, 3.8) is 0 Å². The van der Waals surface area contributed by atoms with E-state index in [1.54, 1.807) is 6.20 Å². The highest BCUT2D eigenvalue weighted by molar-refractivity contribution is 5.88. The van der Waals surface area contributed by atoms with Crippen molar-refractivity contribution in [2.24, 2.45) is 0 Å². The minimum Gasteiger partial charge on any atom is -0.424 e. The topological polar surface area (TPSA) is 69.3 Å². The van der Waals surface area contributed by atoms with Crippen LogP contribution in [-0.2, 0) is 0 Å². The van der Waals surface area contributed by atoms with Gasteiger partial charge in [0.15, 0.2) is 5.58 Å². The molecule has 0 spiro atoms. The van der Waals surface area contributed by atoms with Crippen LogP contribution >= 0.6 is 0 Å². The third-order valence-corrected chi connectivity index (χ3v) is 3.53. The second-order valence-electron chi connectivity index (χ2n) is 4.95. The predicted molar refractivity (Wildman–Crippen MR) is 85.4 cm³/mol. The molecule has 0 aliphatic carbocycles. The first-order chi connectivity index (χ1) is 10.7. The lowest BCUT2D eigenvalue weighted by molar-refractivity contribution is 0.626. The zero-order chi connectivity index (χ0) is 15.1. The molecule has 2 aromatic carbocycles. The van der Waals surface area contributed by atoms with Crippen molar-refractivity contribution in [1.29, 1.82) is 0 Å². The summed E-state index contributed by atoms with van der Waals surface area (Å²) in [5.41, 5.74) is 10.4. The second-order valence-corrected chi connectivity index (χ2v) is 4.95. The number of anilines is 1. The molecule has 0 fully saturated rings. The van der Waals surface area contributed by atoms with Crippen LogP contribution < -0.4 is 5.73 Å². The number of oxazole rings is 1. The van der Waals surface area contributed by atoms with Crippen LogP contribution in [0.2, 0.25) is 0 Å². The van der Waals surface area contributed by atoms with Crippen molar-refractivity contribution >= 4 is 33.7 Å². The molecule has 104 valence electrons. The third-order valence-electron chi connectivity index (χ3n) is 3.53. The molecule has 0 amide bonds. The molecule has 0 radical (unpaired) electrons. The molecule has 0 atom stereocenters. The normalized spacial score (nSPS) is 10.9. The SMILES string of the molecule is [C-]#[N+]c1cnc2ccc(-c3ccc4oc(N)nc4c3)cc2c1. The van der Waals surface area contributed by atoms with E-state index in [-0.39, 0.29) is 6.01 Å². The summed E-state index contributed by atoms with van der Waals surface area (Å²) in [6.07, 6.45) is 1.58. The van der Waals surface area contributed by atoms with Crippen LogP contribution in [0.5, 0.6) is 0 Å². The molecular formula is C17H10N4O. The van der Waals surface area contributed by atoms with Crippen LogP contribution in [0, 0.1) is 6.57 Å². The summed E-state index contributed by atoms with van der Waals surface area (Å²) in [6.45, 7) is 7.08. The van der Waals surface area contributed by atoms with Gasteiger partial charge in [0.2, 0.25) is 5.69 Å². The number of aromatic nitrogens is 2. The van der Waals surface area contributed by atoms with Crippen molar-refractivity contribution in [3.8, 4) is 11.1 Å². The summed E-state index contributed by atoms with van der Waals surface area (Å²) in [4.78, 5) is 11.8. The molecule has 4 aromatic rings. The highest BCUT2D eigenvalue weighted by atomic mass is 16.4. The van der Waals surface area contributed by atoms with Gasteiger partial charge in [-0.15, -0.1) is 0 Å². The zero-order valence-corrected chi connectivity index (χ0v) is 11.4. The molecule has 2 heterocycles. The van der Waals surface area contributed by atoms with Crippen LogP contribution in [-0.4, -0.2) is 9.97 Å². The van der Waals surface area contributed by atoms with Gasteiger partial charge in [-0.3, -0.25) is 4.98 Å². The molecule has 2 aromatic heterocycles. The minimum atomic E-state index is 0.163. The Morgan fingerprint density at radius 1 is 1.00 bits per heavy atom. The van der Waals surface area contributed by atoms with Crippen molar-refractivity contribution < 1.29 is 4.42 Å². The monoisotopic (exact) mass is 286 g/mol. The Kier molecular flexibility index (Phi) is 2.57. The summed E-state index contributed by atoms with van der Waals surface area (Å²) in [5.74, 6) is 0. The first kappa shape index (κ1) is 12.4. The molecule has 0 saturated heterocycles. The average Bonchev–Trinajstić information content (AvgIpc) is 2.92. The molecule has 0 aliphatic rings. The number of fused-ring (bicyclic) bond motifs is 2. The number of hydrogen-bond donors (Lipinski definition) is 1. The Morgan fingerprint density at radius 3 is 2.68 bits per heavy atom. The molecule has 22 heavy (non-hydrogen) atoms. The van der Waals surface area contributed by atoms with Gasteiger partial charge in [-0.1, -0.05) is 12.1 Å². The summed E-state index contributed by atoms with van der Waals surface area (Å²) in [5, 5.41) is 0.936. The standard InChI is InChI=1S/C17H10N4O/c1-19-13-7-12-6-10(2-4-14(12)20-9-13)11-3-5-16-15(8-11)21-17(18)22-16/h2-9H,(H2,18,21). The van der Waals surface area contributed by atoms with Gasteiger partial charge in [0, 0.05) is 6.20 Å². The van der Waals surface area contributed by atoms with E-state index in [9.17, 15) is 0 Å². The fourth-order valence-electron chi connectivity index (χ4n) is 2.49. The van der Waals surface area contributed by atoms with Gasteiger partial charge in [0.05, 0.1) is 12.1 Å². The number of nitrogens with two attached hydrogens (primary N) is 1. The Hall–Kier alpha value is -3.39. The van der Waals surface area contributed by atoms with Crippen LogP contribution in [0.3, 0.4) is 0 Å². The smallest absolute Gasteiger partial charge is 0.292 e. The number of hydrogen-bond acceptors (Lipinski definition) is 4. The van der Waals surface area contributed by atoms with Gasteiger partial charge in [-0.05, 0) is 46.8 Å². The lowest BCUT2D eigenvalue weighted by Crippen LogP contribution is -1.82. The van der Waals surface area contributed by atoms with Crippen molar-refractivity contribution in [2.45, 2.75) is 0 Å². The van der Waals surface area contributed by atoms with Gasteiger partial charge in [-0.2, -0.15) is 4.98 Å². The summed E-state index contributed by atoms with van der Waals surface area (Å²) < 4.78 is 5.28. The maximum Gasteiger partial charge on any atom is 0.292 e. The largest absolute Gasteiger partial charge is 0.424 e. The zero-order valence-electron chi connectivity index (χ0n) is 11.4. The van der Waals surface area contributed by atoms with Gasteiger partial charge >= 0.3 is 0 Å². The molecule has 0 saturated carbocycles. The van der Waals surface area contributed by atoms with E-state index in [0.717, 1.165) is 27.5 Å². The molecule has 0 aliphatic heterocycles. The van der Waals surface area contributed by atoms with Crippen LogP contribution in [0.4, 0.5) is 11.7 Å². The van der Waals surface area contributed by atoms with Crippen molar-refractivity contribution in [1.82, 2.24) is 9.97 Å². The van der Waals surface area contributed by atoms with Gasteiger partial charge in [0.1, 0.15) is 5.52 Å². The van der Waals surface area contributed by atoms with Gasteiger partial charge in [0.25, 0.3) is 6.01 Å². The number of benzene rings is 2. The molecule has 0 unspecified atom stereocenters. The van der Waals surface area contributed by atoms with Crippen LogP contribution in [0.1, 0.15) is 0 Å². The van der Waals surface area contributed by atoms with E-state index in [1.165, 1.54) is 0 Å². The average molecular weight is 286 g/mol. The molecule has 5 nitrogen and oxygen atoms in total. The first-order valence-electron chi connectivity index (χ1n) is 6.67. The van der Waals surface area contributed by atoms with E-state index in [2.05, 4.69) is 14.8 Å². The minimum absolute atomic E-state index is 0.163. The number of rotatable bonds is 1. The van der Waals surface area contributed by atoms with Crippen LogP contribution in [0.15, 0.2) is 53.1 Å². The predicted octanol–water partition coefficient (Wildman–Crippen LogP) is 4.18. The Bertz CT molecular complexity index is 1060. The molecule has 0 bridgehead atoms. The third kappa shape index (κ3) is 1.95. The highest BCUT2D eigenvalue weighted by Crippen LogP contribution is 2.28.